The third-order valence-corrected chi connectivity index (χ3v) is 1.59. The number of methoxy groups -OCH3 is 1. The highest BCUT2D eigenvalue weighted by Crippen LogP contribution is 2.14. The van der Waals surface area contributed by atoms with Gasteiger partial charge in [-0.05, 0) is 6.07 Å². The summed E-state index contributed by atoms with van der Waals surface area (Å²) in [6, 6.07) is 2.64. The molecule has 0 bridgehead atoms. The molecule has 13 heavy (non-hydrogen) atoms. The first-order valence-electron chi connectivity index (χ1n) is 3.49. The summed E-state index contributed by atoms with van der Waals surface area (Å²) in [6.07, 6.45) is 0. The molecule has 5 heteroatoms. The molecule has 0 spiro atoms. The lowest BCUT2D eigenvalue weighted by Crippen LogP contribution is -2.17. The number of halogens is 1. The molecule has 0 aliphatic heterocycles. The minimum absolute atomic E-state index is 0.0125. The van der Waals surface area contributed by atoms with E-state index in [4.69, 9.17) is 13.6 Å². The van der Waals surface area contributed by atoms with Crippen molar-refractivity contribution in [2.45, 2.75) is 0 Å². The Morgan fingerprint density at radius 1 is 1.62 bits per heavy atom. The average Bonchev–Trinajstić information content (AvgIpc) is 2.12. The average molecular weight is 179 g/mol. The summed E-state index contributed by atoms with van der Waals surface area (Å²) in [5, 5.41) is 0. The summed E-state index contributed by atoms with van der Waals surface area (Å²) in [7, 11) is 6.39. The zero-order valence-corrected chi connectivity index (χ0v) is 7.00. The van der Waals surface area contributed by atoms with Crippen molar-refractivity contribution in [1.29, 1.82) is 0 Å². The Balaban J connectivity index is 3.33. The maximum absolute atomic E-state index is 13.2. The highest BCUT2D eigenvalue weighted by atomic mass is 19.1. The van der Waals surface area contributed by atoms with Crippen LogP contribution in [0.4, 0.5) is 10.1 Å². The monoisotopic (exact) mass is 179 g/mol. The van der Waals surface area contributed by atoms with Crippen LogP contribution < -0.4 is 11.2 Å². The van der Waals surface area contributed by atoms with Gasteiger partial charge in [-0.15, -0.1) is 0 Å². The van der Waals surface area contributed by atoms with Gasteiger partial charge in [-0.2, -0.15) is 0 Å². The Morgan fingerprint density at radius 3 is 2.77 bits per heavy atom. The minimum Gasteiger partial charge on any atom is -0.465 e. The van der Waals surface area contributed by atoms with Crippen LogP contribution in [0.2, 0.25) is 0 Å². The van der Waals surface area contributed by atoms with Gasteiger partial charge in [0.05, 0.1) is 7.11 Å². The van der Waals surface area contributed by atoms with Crippen molar-refractivity contribution in [3.05, 3.63) is 23.5 Å². The normalized spacial score (nSPS) is 9.69. The lowest BCUT2D eigenvalue weighted by Gasteiger charge is -2.06. The molecule has 1 rings (SSSR count). The van der Waals surface area contributed by atoms with Crippen molar-refractivity contribution < 1.29 is 13.9 Å². The number of rotatable bonds is 1. The summed E-state index contributed by atoms with van der Waals surface area (Å²) in [5.41, 5.74) is 4.94. The Labute approximate surface area is 76.1 Å². The van der Waals surface area contributed by atoms with E-state index in [1.165, 1.54) is 12.1 Å². The van der Waals surface area contributed by atoms with Crippen molar-refractivity contribution in [2.75, 3.05) is 12.8 Å². The third-order valence-electron chi connectivity index (χ3n) is 1.59. The molecule has 3 nitrogen and oxygen atoms in total. The second kappa shape index (κ2) is 3.47. The Bertz CT molecular complexity index is 354. The van der Waals surface area contributed by atoms with Crippen molar-refractivity contribution >= 4 is 25.0 Å². The van der Waals surface area contributed by atoms with Gasteiger partial charge in [0.1, 0.15) is 19.2 Å². The molecule has 1 aromatic carbocycles. The van der Waals surface area contributed by atoms with Gasteiger partial charge in [0.2, 0.25) is 0 Å². The van der Waals surface area contributed by atoms with E-state index < -0.39 is 11.8 Å². The van der Waals surface area contributed by atoms with Gasteiger partial charge in [-0.3, -0.25) is 0 Å². The highest BCUT2D eigenvalue weighted by Gasteiger charge is 2.16. The number of esters is 1. The van der Waals surface area contributed by atoms with Crippen LogP contribution >= 0.6 is 0 Å². The number of hydrogen-bond donors (Lipinski definition) is 1. The molecule has 0 aromatic heterocycles. The van der Waals surface area contributed by atoms with Gasteiger partial charge in [0.15, 0.2) is 0 Å². The van der Waals surface area contributed by atoms with Gasteiger partial charge < -0.3 is 10.5 Å². The molecule has 1 aromatic rings. The van der Waals surface area contributed by atoms with Crippen LogP contribution in [-0.2, 0) is 4.74 Å². The highest BCUT2D eigenvalue weighted by molar-refractivity contribution is 6.33. The predicted octanol–water partition coefficient (Wildman–Crippen LogP) is -0.0117. The molecule has 0 unspecified atom stereocenters. The maximum Gasteiger partial charge on any atom is 0.342 e. The zero-order valence-electron chi connectivity index (χ0n) is 7.00. The van der Waals surface area contributed by atoms with E-state index in [-0.39, 0.29) is 16.7 Å². The number of ether oxygens (including phenoxy) is 1. The first-order chi connectivity index (χ1) is 6.07. The third kappa shape index (κ3) is 1.64. The van der Waals surface area contributed by atoms with Crippen LogP contribution in [0.3, 0.4) is 0 Å². The van der Waals surface area contributed by atoms with Gasteiger partial charge in [-0.1, -0.05) is 11.5 Å². The molecule has 2 N–H and O–H groups in total. The van der Waals surface area contributed by atoms with Crippen molar-refractivity contribution in [3.8, 4) is 0 Å². The first kappa shape index (κ1) is 9.57. The number of hydrogen-bond acceptors (Lipinski definition) is 3. The topological polar surface area (TPSA) is 52.3 Å². The summed E-state index contributed by atoms with van der Waals surface area (Å²) in [4.78, 5) is 11.0. The van der Waals surface area contributed by atoms with Crippen LogP contribution in [0.15, 0.2) is 12.1 Å². The second-order valence-electron chi connectivity index (χ2n) is 2.42. The fourth-order valence-electron chi connectivity index (χ4n) is 0.917. The lowest BCUT2D eigenvalue weighted by atomic mass is 9.92. The molecular weight excluding hydrogens is 172 g/mol. The number of carbonyl (C=O) groups is 1. The van der Waals surface area contributed by atoms with E-state index in [0.717, 1.165) is 7.11 Å². The molecule has 0 fully saturated rings. The van der Waals surface area contributed by atoms with Crippen LogP contribution in [0.25, 0.3) is 0 Å². The summed E-state index contributed by atoms with van der Waals surface area (Å²) in [6.45, 7) is 0. The van der Waals surface area contributed by atoms with Gasteiger partial charge in [0.25, 0.3) is 0 Å². The largest absolute Gasteiger partial charge is 0.465 e. The Morgan fingerprint density at radius 2 is 2.23 bits per heavy atom. The number of anilines is 1. The van der Waals surface area contributed by atoms with Crippen molar-refractivity contribution in [1.82, 2.24) is 0 Å². The van der Waals surface area contributed by atoms with Gasteiger partial charge in [0, 0.05) is 5.69 Å². The predicted molar refractivity (Wildman–Crippen MR) is 47.5 cm³/mol. The number of benzene rings is 1. The van der Waals surface area contributed by atoms with Crippen molar-refractivity contribution in [3.63, 3.8) is 0 Å². The van der Waals surface area contributed by atoms with E-state index in [1.54, 1.807) is 0 Å². The van der Waals surface area contributed by atoms with E-state index in [9.17, 15) is 9.18 Å². The van der Waals surface area contributed by atoms with Crippen LogP contribution in [0.5, 0.6) is 0 Å². The van der Waals surface area contributed by atoms with E-state index >= 15 is 0 Å². The standard InChI is InChI=1S/C8H7BFNO2/c1-13-8(12)6-5(11)3-2-4(9)7(6)10/h2-3H,11H2,1H3. The van der Waals surface area contributed by atoms with Gasteiger partial charge >= 0.3 is 5.97 Å². The molecular formula is C8H7BFNO2. The summed E-state index contributed by atoms with van der Waals surface area (Å²) < 4.78 is 17.5. The van der Waals surface area contributed by atoms with E-state index in [1.807, 2.05) is 0 Å². The fourth-order valence-corrected chi connectivity index (χ4v) is 0.917. The molecule has 0 amide bonds. The Hall–Kier alpha value is -1.52. The summed E-state index contributed by atoms with van der Waals surface area (Å²) in [5.74, 6) is -1.67. The maximum atomic E-state index is 13.2. The van der Waals surface area contributed by atoms with Crippen LogP contribution in [0.1, 0.15) is 10.4 Å². The van der Waals surface area contributed by atoms with E-state index in [0.29, 0.717) is 0 Å². The number of nitrogen functional groups attached to an aromatic ring is 1. The molecule has 2 radical (unpaired) electrons. The Kier molecular flexibility index (Phi) is 2.56. The smallest absolute Gasteiger partial charge is 0.342 e. The SMILES string of the molecule is [B]c1ccc(N)c(C(=O)OC)c1F. The van der Waals surface area contributed by atoms with Gasteiger partial charge in [-0.25, -0.2) is 9.18 Å². The van der Waals surface area contributed by atoms with E-state index in [2.05, 4.69) is 4.74 Å². The molecule has 0 saturated carbocycles. The summed E-state index contributed by atoms with van der Waals surface area (Å²) >= 11 is 0. The minimum atomic E-state index is -0.841. The van der Waals surface area contributed by atoms with Crippen LogP contribution in [0, 0.1) is 5.82 Å². The molecule has 66 valence electrons. The zero-order chi connectivity index (χ0) is 10.0. The molecule has 0 aliphatic rings. The second-order valence-corrected chi connectivity index (χ2v) is 2.42. The fraction of sp³-hybridized carbons (Fsp3) is 0.125. The number of nitrogens with two attached hydrogens (primary N) is 1. The molecule has 0 aliphatic carbocycles. The lowest BCUT2D eigenvalue weighted by molar-refractivity contribution is 0.0597. The first-order valence-corrected chi connectivity index (χ1v) is 3.49. The molecule has 0 atom stereocenters. The van der Waals surface area contributed by atoms with Crippen molar-refractivity contribution in [2.24, 2.45) is 0 Å². The molecule has 0 heterocycles. The number of carbonyl (C=O) groups excluding carboxylic acids is 1. The quantitative estimate of drug-likeness (QED) is 0.374. The molecule has 0 saturated heterocycles. The van der Waals surface area contributed by atoms with Crippen LogP contribution in [-0.4, -0.2) is 20.9 Å².